The standard InChI is InChI=1S/C19H27NO2/c1-13(2)12-22-16-5-4-14-11-19(18(20)17(14)10-16)8-6-15(21-3)7-9-19/h4-5,10,13,15,20H,6-9,11-12H2,1-3H3/t15-,19-. The minimum absolute atomic E-state index is 0.0496. The lowest BCUT2D eigenvalue weighted by atomic mass is 9.70. The van der Waals surface area contributed by atoms with E-state index in [2.05, 4.69) is 32.0 Å². The molecule has 0 saturated heterocycles. The second-order valence-electron chi connectivity index (χ2n) is 7.29. The van der Waals surface area contributed by atoms with Gasteiger partial charge in [0.2, 0.25) is 0 Å². The Kier molecular flexibility index (Phi) is 4.26. The number of rotatable bonds is 4. The maximum atomic E-state index is 8.71. The predicted octanol–water partition coefficient (Wildman–Crippen LogP) is 4.22. The summed E-state index contributed by atoms with van der Waals surface area (Å²) in [5, 5.41) is 8.71. The van der Waals surface area contributed by atoms with Crippen LogP contribution in [0, 0.1) is 16.7 Å². The Bertz CT molecular complexity index is 557. The van der Waals surface area contributed by atoms with Crippen molar-refractivity contribution in [2.45, 2.75) is 52.1 Å². The molecule has 1 aromatic carbocycles. The van der Waals surface area contributed by atoms with Crippen LogP contribution in [0.5, 0.6) is 5.75 Å². The summed E-state index contributed by atoms with van der Waals surface area (Å²) in [5.74, 6) is 1.42. The van der Waals surface area contributed by atoms with Gasteiger partial charge in [0.05, 0.1) is 12.7 Å². The Morgan fingerprint density at radius 1 is 1.27 bits per heavy atom. The second-order valence-corrected chi connectivity index (χ2v) is 7.29. The van der Waals surface area contributed by atoms with Crippen LogP contribution in [-0.2, 0) is 11.2 Å². The molecule has 3 heteroatoms. The fraction of sp³-hybridized carbons (Fsp3) is 0.632. The monoisotopic (exact) mass is 301 g/mol. The highest BCUT2D eigenvalue weighted by Gasteiger charge is 2.44. The van der Waals surface area contributed by atoms with Crippen molar-refractivity contribution in [1.29, 1.82) is 5.41 Å². The molecular formula is C19H27NO2. The van der Waals surface area contributed by atoms with Crippen molar-refractivity contribution in [3.8, 4) is 5.75 Å². The van der Waals surface area contributed by atoms with Gasteiger partial charge >= 0.3 is 0 Å². The van der Waals surface area contributed by atoms with E-state index >= 15 is 0 Å². The molecule has 1 saturated carbocycles. The van der Waals surface area contributed by atoms with E-state index in [9.17, 15) is 0 Å². The molecule has 0 unspecified atom stereocenters. The van der Waals surface area contributed by atoms with Crippen LogP contribution in [0.25, 0.3) is 0 Å². The van der Waals surface area contributed by atoms with Crippen LogP contribution in [0.1, 0.15) is 50.7 Å². The fourth-order valence-corrected chi connectivity index (χ4v) is 3.84. The summed E-state index contributed by atoms with van der Waals surface area (Å²) in [6, 6.07) is 6.31. The van der Waals surface area contributed by atoms with E-state index in [4.69, 9.17) is 14.9 Å². The molecule has 0 radical (unpaired) electrons. The molecule has 2 aliphatic rings. The van der Waals surface area contributed by atoms with Crippen molar-refractivity contribution >= 4 is 5.71 Å². The highest BCUT2D eigenvalue weighted by molar-refractivity contribution is 6.07. The van der Waals surface area contributed by atoms with Crippen molar-refractivity contribution in [2.24, 2.45) is 11.3 Å². The summed E-state index contributed by atoms with van der Waals surface area (Å²) < 4.78 is 11.3. The first-order valence-corrected chi connectivity index (χ1v) is 8.42. The van der Waals surface area contributed by atoms with E-state index in [0.29, 0.717) is 12.0 Å². The fourth-order valence-electron chi connectivity index (χ4n) is 3.84. The number of benzene rings is 1. The first-order valence-electron chi connectivity index (χ1n) is 8.42. The maximum Gasteiger partial charge on any atom is 0.119 e. The van der Waals surface area contributed by atoms with E-state index in [-0.39, 0.29) is 5.41 Å². The molecular weight excluding hydrogens is 274 g/mol. The molecule has 120 valence electrons. The summed E-state index contributed by atoms with van der Waals surface area (Å²) in [5.41, 5.74) is 3.30. The van der Waals surface area contributed by atoms with E-state index in [1.807, 2.05) is 0 Å². The van der Waals surface area contributed by atoms with E-state index in [0.717, 1.165) is 55.7 Å². The molecule has 2 aliphatic carbocycles. The van der Waals surface area contributed by atoms with Gasteiger partial charge in [0, 0.05) is 23.8 Å². The molecule has 22 heavy (non-hydrogen) atoms. The van der Waals surface area contributed by atoms with E-state index in [1.54, 1.807) is 7.11 Å². The molecule has 0 heterocycles. The third kappa shape index (κ3) is 2.79. The van der Waals surface area contributed by atoms with Crippen LogP contribution in [0.2, 0.25) is 0 Å². The minimum Gasteiger partial charge on any atom is -0.493 e. The number of ether oxygens (including phenoxy) is 2. The van der Waals surface area contributed by atoms with E-state index < -0.39 is 0 Å². The number of hydrogen-bond acceptors (Lipinski definition) is 3. The van der Waals surface area contributed by atoms with Crippen molar-refractivity contribution in [3.63, 3.8) is 0 Å². The zero-order chi connectivity index (χ0) is 15.7. The van der Waals surface area contributed by atoms with Crippen molar-refractivity contribution < 1.29 is 9.47 Å². The normalized spacial score (nSPS) is 27.5. The van der Waals surface area contributed by atoms with Crippen molar-refractivity contribution in [2.75, 3.05) is 13.7 Å². The van der Waals surface area contributed by atoms with Crippen LogP contribution in [0.4, 0.5) is 0 Å². The lowest BCUT2D eigenvalue weighted by molar-refractivity contribution is 0.0467. The lowest BCUT2D eigenvalue weighted by Gasteiger charge is -2.36. The van der Waals surface area contributed by atoms with Crippen LogP contribution in [-0.4, -0.2) is 25.5 Å². The Morgan fingerprint density at radius 2 is 2.00 bits per heavy atom. The van der Waals surface area contributed by atoms with Crippen LogP contribution >= 0.6 is 0 Å². The van der Waals surface area contributed by atoms with Crippen LogP contribution in [0.3, 0.4) is 0 Å². The lowest BCUT2D eigenvalue weighted by Crippen LogP contribution is -2.35. The number of fused-ring (bicyclic) bond motifs is 1. The number of methoxy groups -OCH3 is 1. The largest absolute Gasteiger partial charge is 0.493 e. The molecule has 3 nitrogen and oxygen atoms in total. The minimum atomic E-state index is 0.0496. The van der Waals surface area contributed by atoms with Gasteiger partial charge < -0.3 is 14.9 Å². The molecule has 1 aromatic rings. The zero-order valence-electron chi connectivity index (χ0n) is 13.9. The molecule has 0 aliphatic heterocycles. The van der Waals surface area contributed by atoms with Gasteiger partial charge in [-0.25, -0.2) is 0 Å². The third-order valence-corrected chi connectivity index (χ3v) is 5.22. The summed E-state index contributed by atoms with van der Waals surface area (Å²) >= 11 is 0. The molecule has 1 N–H and O–H groups in total. The number of hydrogen-bond donors (Lipinski definition) is 1. The predicted molar refractivity (Wildman–Crippen MR) is 89.0 cm³/mol. The topological polar surface area (TPSA) is 42.3 Å². The van der Waals surface area contributed by atoms with Crippen molar-refractivity contribution in [1.82, 2.24) is 0 Å². The quantitative estimate of drug-likeness (QED) is 0.904. The molecule has 1 fully saturated rings. The van der Waals surface area contributed by atoms with Gasteiger partial charge in [-0.15, -0.1) is 0 Å². The summed E-state index contributed by atoms with van der Waals surface area (Å²) in [7, 11) is 1.80. The maximum absolute atomic E-state index is 8.71. The van der Waals surface area contributed by atoms with Crippen LogP contribution < -0.4 is 4.74 Å². The van der Waals surface area contributed by atoms with Gasteiger partial charge in [-0.3, -0.25) is 0 Å². The van der Waals surface area contributed by atoms with Crippen molar-refractivity contribution in [3.05, 3.63) is 29.3 Å². The van der Waals surface area contributed by atoms with Gasteiger partial charge in [0.15, 0.2) is 0 Å². The average molecular weight is 301 g/mol. The Morgan fingerprint density at radius 3 is 2.64 bits per heavy atom. The molecule has 0 amide bonds. The third-order valence-electron chi connectivity index (χ3n) is 5.22. The zero-order valence-corrected chi connectivity index (χ0v) is 13.9. The first-order chi connectivity index (χ1) is 10.5. The van der Waals surface area contributed by atoms with Crippen LogP contribution in [0.15, 0.2) is 18.2 Å². The first kappa shape index (κ1) is 15.5. The highest BCUT2D eigenvalue weighted by Crippen LogP contribution is 2.48. The molecule has 0 aromatic heterocycles. The highest BCUT2D eigenvalue weighted by atomic mass is 16.5. The number of nitrogens with one attached hydrogen (secondary N) is 1. The van der Waals surface area contributed by atoms with Gasteiger partial charge in [-0.2, -0.15) is 0 Å². The Balaban J connectivity index is 1.76. The molecule has 0 bridgehead atoms. The second kappa shape index (κ2) is 6.04. The molecule has 3 rings (SSSR count). The SMILES string of the molecule is CO[C@H]1CC[C@]2(CC1)Cc1ccc(OCC(C)C)cc1C2=N. The molecule has 1 spiro atoms. The Labute approximate surface area is 133 Å². The van der Waals surface area contributed by atoms with E-state index in [1.165, 1.54) is 5.56 Å². The van der Waals surface area contributed by atoms with Gasteiger partial charge in [0.1, 0.15) is 5.75 Å². The summed E-state index contributed by atoms with van der Waals surface area (Å²) in [6.07, 6.45) is 5.68. The molecule has 0 atom stereocenters. The average Bonchev–Trinajstić information content (AvgIpc) is 2.79. The smallest absolute Gasteiger partial charge is 0.119 e. The summed E-state index contributed by atoms with van der Waals surface area (Å²) in [6.45, 7) is 5.03. The van der Waals surface area contributed by atoms with Gasteiger partial charge in [-0.1, -0.05) is 19.9 Å². The van der Waals surface area contributed by atoms with Gasteiger partial charge in [-0.05, 0) is 55.7 Å². The summed E-state index contributed by atoms with van der Waals surface area (Å²) in [4.78, 5) is 0. The van der Waals surface area contributed by atoms with Gasteiger partial charge in [0.25, 0.3) is 0 Å². The Hall–Kier alpha value is -1.35.